The van der Waals surface area contributed by atoms with Crippen molar-refractivity contribution in [3.63, 3.8) is 0 Å². The molecule has 0 spiro atoms. The zero-order valence-electron chi connectivity index (χ0n) is 12.4. The van der Waals surface area contributed by atoms with Crippen molar-refractivity contribution >= 4 is 27.7 Å². The number of carboxylic acid groups (broad SMARTS) is 1. The number of carbonyl (C=O) groups excluding carboxylic acids is 2. The van der Waals surface area contributed by atoms with E-state index in [1.807, 2.05) is 0 Å². The van der Waals surface area contributed by atoms with Crippen LogP contribution in [0, 0.1) is 0 Å². The van der Waals surface area contributed by atoms with E-state index in [9.17, 15) is 22.8 Å². The highest BCUT2D eigenvalue weighted by molar-refractivity contribution is 7.92. The van der Waals surface area contributed by atoms with Crippen LogP contribution in [-0.2, 0) is 19.4 Å². The van der Waals surface area contributed by atoms with Crippen LogP contribution < -0.4 is 10.6 Å². The van der Waals surface area contributed by atoms with E-state index >= 15 is 0 Å². The number of nitrogens with one attached hydrogen (secondary N) is 2. The van der Waals surface area contributed by atoms with E-state index in [4.69, 9.17) is 5.11 Å². The summed E-state index contributed by atoms with van der Waals surface area (Å²) < 4.78 is 21.7. The van der Waals surface area contributed by atoms with Crippen molar-refractivity contribution in [1.82, 2.24) is 10.6 Å². The highest BCUT2D eigenvalue weighted by atomic mass is 32.2. The minimum atomic E-state index is -3.34. The molecule has 0 unspecified atom stereocenters. The van der Waals surface area contributed by atoms with Gasteiger partial charge in [0.15, 0.2) is 9.84 Å². The Morgan fingerprint density at radius 2 is 1.62 bits per heavy atom. The van der Waals surface area contributed by atoms with Gasteiger partial charge in [0.1, 0.15) is 0 Å². The first kappa shape index (κ1) is 19.4. The summed E-state index contributed by atoms with van der Waals surface area (Å²) >= 11 is 0. The predicted octanol–water partition coefficient (Wildman–Crippen LogP) is 0.280. The number of rotatable bonds is 8. The van der Waals surface area contributed by atoms with Crippen molar-refractivity contribution in [2.24, 2.45) is 0 Å². The fourth-order valence-corrected chi connectivity index (χ4v) is 1.55. The molecule has 21 heavy (non-hydrogen) atoms. The first-order chi connectivity index (χ1) is 9.45. The van der Waals surface area contributed by atoms with E-state index in [0.29, 0.717) is 12.8 Å². The highest BCUT2D eigenvalue weighted by Gasteiger charge is 2.30. The Balaban J connectivity index is 4.05. The average Bonchev–Trinajstić information content (AvgIpc) is 2.30. The molecule has 0 atom stereocenters. The van der Waals surface area contributed by atoms with Crippen LogP contribution in [0.5, 0.6) is 0 Å². The van der Waals surface area contributed by atoms with Gasteiger partial charge in [0.2, 0.25) is 5.91 Å². The molecule has 0 aliphatic rings. The summed E-state index contributed by atoms with van der Waals surface area (Å²) in [6.07, 6.45) is 1.80. The van der Waals surface area contributed by atoms with Crippen molar-refractivity contribution in [1.29, 1.82) is 0 Å². The number of unbranched alkanes of at least 4 members (excludes halogenated alkanes) is 1. The second-order valence-corrected chi connectivity index (χ2v) is 8.01. The highest BCUT2D eigenvalue weighted by Crippen LogP contribution is 2.13. The van der Waals surface area contributed by atoms with Crippen LogP contribution in [-0.4, -0.2) is 49.0 Å². The van der Waals surface area contributed by atoms with E-state index in [1.54, 1.807) is 0 Å². The summed E-state index contributed by atoms with van der Waals surface area (Å²) in [6, 6.07) is -0.769. The Hall–Kier alpha value is -1.64. The number of carboxylic acids is 1. The van der Waals surface area contributed by atoms with E-state index in [-0.39, 0.29) is 19.4 Å². The van der Waals surface area contributed by atoms with Gasteiger partial charge in [-0.05, 0) is 26.7 Å². The molecule has 0 aliphatic heterocycles. The minimum Gasteiger partial charge on any atom is -0.481 e. The molecule has 0 radical (unpaired) electrons. The number of hydrogen-bond acceptors (Lipinski definition) is 5. The molecule has 122 valence electrons. The van der Waals surface area contributed by atoms with Crippen LogP contribution in [0.4, 0.5) is 4.79 Å². The van der Waals surface area contributed by atoms with Crippen LogP contribution in [0.2, 0.25) is 0 Å². The molecule has 0 fully saturated rings. The Labute approximate surface area is 124 Å². The van der Waals surface area contributed by atoms with Crippen molar-refractivity contribution in [2.45, 2.75) is 44.3 Å². The molecule has 0 saturated carbocycles. The molecule has 8 nitrogen and oxygen atoms in total. The molecule has 0 aromatic carbocycles. The minimum absolute atomic E-state index is 0.0258. The lowest BCUT2D eigenvalue weighted by atomic mass is 10.2. The van der Waals surface area contributed by atoms with Gasteiger partial charge in [-0.15, -0.1) is 0 Å². The third-order valence-electron chi connectivity index (χ3n) is 2.98. The number of carbonyl (C=O) groups is 3. The van der Waals surface area contributed by atoms with Gasteiger partial charge in [-0.3, -0.25) is 14.9 Å². The lowest BCUT2D eigenvalue weighted by molar-refractivity contribution is -0.137. The third-order valence-corrected chi connectivity index (χ3v) is 5.13. The van der Waals surface area contributed by atoms with E-state index < -0.39 is 32.5 Å². The first-order valence-electron chi connectivity index (χ1n) is 6.45. The van der Waals surface area contributed by atoms with Gasteiger partial charge in [-0.25, -0.2) is 13.2 Å². The molecule has 9 heteroatoms. The molecule has 0 bridgehead atoms. The summed E-state index contributed by atoms with van der Waals surface area (Å²) in [5, 5.41) is 12.8. The maximum atomic E-state index is 11.4. The topological polar surface area (TPSA) is 130 Å². The summed E-state index contributed by atoms with van der Waals surface area (Å²) in [7, 11) is -3.34. The maximum Gasteiger partial charge on any atom is 0.321 e. The number of aliphatic carboxylic acids is 1. The maximum absolute atomic E-state index is 11.4. The van der Waals surface area contributed by atoms with Gasteiger partial charge in [0.25, 0.3) is 0 Å². The zero-order valence-corrected chi connectivity index (χ0v) is 13.2. The second kappa shape index (κ2) is 7.96. The summed E-state index contributed by atoms with van der Waals surface area (Å²) in [5.41, 5.74) is 0. The number of imide groups is 1. The smallest absolute Gasteiger partial charge is 0.321 e. The van der Waals surface area contributed by atoms with E-state index in [0.717, 1.165) is 6.26 Å². The molecule has 0 aromatic heterocycles. The van der Waals surface area contributed by atoms with Gasteiger partial charge in [0, 0.05) is 25.6 Å². The number of sulfone groups is 1. The molecular weight excluding hydrogens is 300 g/mol. The number of urea groups is 1. The Bertz CT molecular complexity index is 498. The fourth-order valence-electron chi connectivity index (χ4n) is 1.22. The third kappa shape index (κ3) is 8.28. The molecule has 0 aromatic rings. The summed E-state index contributed by atoms with van der Waals surface area (Å²) in [6.45, 7) is 2.82. The Kier molecular flexibility index (Phi) is 7.34. The SMILES string of the molecule is CC(C)(CNC(=O)NC(=O)CCCCC(=O)O)S(C)(=O)=O. The van der Waals surface area contributed by atoms with Crippen molar-refractivity contribution in [2.75, 3.05) is 12.8 Å². The van der Waals surface area contributed by atoms with Crippen molar-refractivity contribution in [3.8, 4) is 0 Å². The molecular formula is C12H22N2O6S. The van der Waals surface area contributed by atoms with Crippen LogP contribution in [0.15, 0.2) is 0 Å². The van der Waals surface area contributed by atoms with Gasteiger partial charge in [0.05, 0.1) is 4.75 Å². The van der Waals surface area contributed by atoms with Gasteiger partial charge in [-0.2, -0.15) is 0 Å². The van der Waals surface area contributed by atoms with Gasteiger partial charge >= 0.3 is 12.0 Å². The average molecular weight is 322 g/mol. The van der Waals surface area contributed by atoms with Gasteiger partial charge in [-0.1, -0.05) is 0 Å². The van der Waals surface area contributed by atoms with Crippen LogP contribution in [0.25, 0.3) is 0 Å². The number of amides is 3. The lowest BCUT2D eigenvalue weighted by Gasteiger charge is -2.22. The second-order valence-electron chi connectivity index (χ2n) is 5.36. The van der Waals surface area contributed by atoms with E-state index in [2.05, 4.69) is 10.6 Å². The molecule has 0 saturated heterocycles. The Morgan fingerprint density at radius 1 is 1.10 bits per heavy atom. The molecule has 0 heterocycles. The van der Waals surface area contributed by atoms with Crippen molar-refractivity contribution < 1.29 is 27.9 Å². The molecule has 0 aliphatic carbocycles. The fraction of sp³-hybridized carbons (Fsp3) is 0.750. The van der Waals surface area contributed by atoms with Crippen LogP contribution >= 0.6 is 0 Å². The lowest BCUT2D eigenvalue weighted by Crippen LogP contribution is -2.48. The number of hydrogen-bond donors (Lipinski definition) is 3. The first-order valence-corrected chi connectivity index (χ1v) is 8.34. The van der Waals surface area contributed by atoms with Crippen molar-refractivity contribution in [3.05, 3.63) is 0 Å². The predicted molar refractivity (Wildman–Crippen MR) is 76.6 cm³/mol. The monoisotopic (exact) mass is 322 g/mol. The largest absolute Gasteiger partial charge is 0.481 e. The zero-order chi connectivity index (χ0) is 16.7. The van der Waals surface area contributed by atoms with Gasteiger partial charge < -0.3 is 10.4 Å². The molecule has 0 rings (SSSR count). The quantitative estimate of drug-likeness (QED) is 0.550. The van der Waals surface area contributed by atoms with Crippen LogP contribution in [0.3, 0.4) is 0 Å². The normalized spacial score (nSPS) is 11.8. The van der Waals surface area contributed by atoms with E-state index in [1.165, 1.54) is 13.8 Å². The molecule has 3 amide bonds. The standard InChI is InChI=1S/C12H22N2O6S/c1-12(2,21(3,19)20)8-13-11(18)14-9(15)6-4-5-7-10(16)17/h4-8H2,1-3H3,(H,16,17)(H2,13,14,15,18). The Morgan fingerprint density at radius 3 is 2.10 bits per heavy atom. The summed E-state index contributed by atoms with van der Waals surface area (Å²) in [4.78, 5) is 33.1. The summed E-state index contributed by atoms with van der Waals surface area (Å²) in [5.74, 6) is -1.47. The van der Waals surface area contributed by atoms with Crippen LogP contribution in [0.1, 0.15) is 39.5 Å². The molecule has 3 N–H and O–H groups in total.